The number of benzene rings is 1. The Morgan fingerprint density at radius 3 is 2.89 bits per heavy atom. The van der Waals surface area contributed by atoms with Gasteiger partial charge in [0, 0.05) is 18.7 Å². The first-order valence-corrected chi connectivity index (χ1v) is 5.46. The summed E-state index contributed by atoms with van der Waals surface area (Å²) in [5.41, 5.74) is 1.15. The summed E-state index contributed by atoms with van der Waals surface area (Å²) in [5, 5.41) is 6.85. The molecule has 0 saturated carbocycles. The molecule has 1 N–H and O–H groups in total. The van der Waals surface area contributed by atoms with E-state index >= 15 is 0 Å². The minimum atomic E-state index is -0.525. The van der Waals surface area contributed by atoms with E-state index in [2.05, 4.69) is 10.5 Å². The number of carbonyl (C=O) groups excluding carboxylic acids is 2. The molecule has 0 aliphatic rings. The molecule has 1 aromatic heterocycles. The van der Waals surface area contributed by atoms with Gasteiger partial charge in [0.05, 0.1) is 12.0 Å². The lowest BCUT2D eigenvalue weighted by atomic mass is 10.2. The average molecular weight is 248 g/mol. The molecule has 18 heavy (non-hydrogen) atoms. The maximum Gasteiger partial charge on any atom is 0.361 e. The van der Waals surface area contributed by atoms with E-state index < -0.39 is 5.97 Å². The Balaban J connectivity index is 2.37. The molecule has 6 heteroatoms. The standard InChI is InChI=1S/C12H12N2O4/c1-3-17-12(16)11-9-5-4-8(13-7(2)15)6-10(9)18-14-11/h4-6H,3H2,1-2H3,(H,13,15). The summed E-state index contributed by atoms with van der Waals surface area (Å²) < 4.78 is 9.89. The third-order valence-electron chi connectivity index (χ3n) is 2.26. The van der Waals surface area contributed by atoms with E-state index in [1.54, 1.807) is 25.1 Å². The third kappa shape index (κ3) is 2.32. The molecular weight excluding hydrogens is 236 g/mol. The van der Waals surface area contributed by atoms with Crippen molar-refractivity contribution in [3.8, 4) is 0 Å². The zero-order chi connectivity index (χ0) is 13.1. The summed E-state index contributed by atoms with van der Waals surface area (Å²) in [5.74, 6) is -0.706. The van der Waals surface area contributed by atoms with Gasteiger partial charge in [0.1, 0.15) is 0 Å². The lowest BCUT2D eigenvalue weighted by Gasteiger charge is -2.00. The quantitative estimate of drug-likeness (QED) is 0.839. The SMILES string of the molecule is CCOC(=O)c1noc2cc(NC(C)=O)ccc12. The number of amides is 1. The molecule has 6 nitrogen and oxygen atoms in total. The van der Waals surface area contributed by atoms with E-state index in [0.29, 0.717) is 16.7 Å². The van der Waals surface area contributed by atoms with Crippen molar-refractivity contribution in [2.45, 2.75) is 13.8 Å². The Hall–Kier alpha value is -2.37. The Labute approximate surface area is 103 Å². The number of nitrogens with one attached hydrogen (secondary N) is 1. The van der Waals surface area contributed by atoms with Crippen molar-refractivity contribution in [3.05, 3.63) is 23.9 Å². The molecule has 94 valence electrons. The van der Waals surface area contributed by atoms with Crippen LogP contribution in [0, 0.1) is 0 Å². The van der Waals surface area contributed by atoms with Gasteiger partial charge in [-0.3, -0.25) is 4.79 Å². The van der Waals surface area contributed by atoms with Gasteiger partial charge in [0.2, 0.25) is 5.91 Å². The molecular formula is C12H12N2O4. The fourth-order valence-corrected chi connectivity index (χ4v) is 1.57. The van der Waals surface area contributed by atoms with Crippen LogP contribution < -0.4 is 5.32 Å². The van der Waals surface area contributed by atoms with Crippen molar-refractivity contribution in [1.82, 2.24) is 5.16 Å². The van der Waals surface area contributed by atoms with Crippen LogP contribution in [-0.4, -0.2) is 23.6 Å². The van der Waals surface area contributed by atoms with Crippen molar-refractivity contribution in [3.63, 3.8) is 0 Å². The number of ether oxygens (including phenoxy) is 1. The van der Waals surface area contributed by atoms with E-state index in [0.717, 1.165) is 0 Å². The van der Waals surface area contributed by atoms with E-state index in [4.69, 9.17) is 9.26 Å². The van der Waals surface area contributed by atoms with Crippen molar-refractivity contribution in [2.75, 3.05) is 11.9 Å². The van der Waals surface area contributed by atoms with Crippen LogP contribution in [0.1, 0.15) is 24.3 Å². The molecule has 0 spiro atoms. The van der Waals surface area contributed by atoms with Gasteiger partial charge in [-0.25, -0.2) is 4.79 Å². The fraction of sp³-hybridized carbons (Fsp3) is 0.250. The summed E-state index contributed by atoms with van der Waals surface area (Å²) in [4.78, 5) is 22.5. The van der Waals surface area contributed by atoms with Crippen molar-refractivity contribution >= 4 is 28.5 Å². The van der Waals surface area contributed by atoms with E-state index in [1.807, 2.05) is 0 Å². The Kier molecular flexibility index (Phi) is 3.27. The Bertz CT molecular complexity index is 603. The predicted molar refractivity (Wildman–Crippen MR) is 64.3 cm³/mol. The van der Waals surface area contributed by atoms with Crippen LogP contribution in [0.25, 0.3) is 11.0 Å². The van der Waals surface area contributed by atoms with Crippen molar-refractivity contribution < 1.29 is 18.8 Å². The Morgan fingerprint density at radius 1 is 1.44 bits per heavy atom. The number of anilines is 1. The second kappa shape index (κ2) is 4.87. The minimum Gasteiger partial charge on any atom is -0.461 e. The molecule has 0 unspecified atom stereocenters. The molecule has 0 saturated heterocycles. The highest BCUT2D eigenvalue weighted by Gasteiger charge is 2.17. The summed E-state index contributed by atoms with van der Waals surface area (Å²) >= 11 is 0. The highest BCUT2D eigenvalue weighted by atomic mass is 16.5. The van der Waals surface area contributed by atoms with Gasteiger partial charge in [0.25, 0.3) is 0 Å². The maximum absolute atomic E-state index is 11.6. The lowest BCUT2D eigenvalue weighted by molar-refractivity contribution is -0.114. The van der Waals surface area contributed by atoms with Gasteiger partial charge in [-0.2, -0.15) is 0 Å². The number of aromatic nitrogens is 1. The molecule has 0 aliphatic heterocycles. The number of nitrogens with zero attached hydrogens (tertiary/aromatic N) is 1. The largest absolute Gasteiger partial charge is 0.461 e. The van der Waals surface area contributed by atoms with Crippen LogP contribution in [0.15, 0.2) is 22.7 Å². The highest BCUT2D eigenvalue weighted by molar-refractivity contribution is 6.02. The predicted octanol–water partition coefficient (Wildman–Crippen LogP) is 1.96. The van der Waals surface area contributed by atoms with Gasteiger partial charge in [-0.05, 0) is 19.1 Å². The monoisotopic (exact) mass is 248 g/mol. The van der Waals surface area contributed by atoms with Gasteiger partial charge in [0.15, 0.2) is 11.3 Å². The number of hydrogen-bond acceptors (Lipinski definition) is 5. The first-order chi connectivity index (χ1) is 8.61. The number of rotatable bonds is 3. The van der Waals surface area contributed by atoms with Gasteiger partial charge >= 0.3 is 5.97 Å². The van der Waals surface area contributed by atoms with Gasteiger partial charge < -0.3 is 14.6 Å². The van der Waals surface area contributed by atoms with Gasteiger partial charge in [-0.1, -0.05) is 5.16 Å². The van der Waals surface area contributed by atoms with Crippen LogP contribution >= 0.6 is 0 Å². The zero-order valence-corrected chi connectivity index (χ0v) is 10.0. The van der Waals surface area contributed by atoms with Crippen molar-refractivity contribution in [1.29, 1.82) is 0 Å². The molecule has 0 bridgehead atoms. The molecule has 1 aromatic carbocycles. The van der Waals surface area contributed by atoms with E-state index in [-0.39, 0.29) is 18.2 Å². The van der Waals surface area contributed by atoms with Crippen LogP contribution in [0.4, 0.5) is 5.69 Å². The average Bonchev–Trinajstić information content (AvgIpc) is 2.71. The molecule has 0 aliphatic carbocycles. The van der Waals surface area contributed by atoms with Crippen LogP contribution in [0.2, 0.25) is 0 Å². The second-order valence-electron chi connectivity index (χ2n) is 3.64. The molecule has 0 fully saturated rings. The molecule has 0 atom stereocenters. The third-order valence-corrected chi connectivity index (χ3v) is 2.26. The van der Waals surface area contributed by atoms with Crippen molar-refractivity contribution in [2.24, 2.45) is 0 Å². The number of esters is 1. The second-order valence-corrected chi connectivity index (χ2v) is 3.64. The van der Waals surface area contributed by atoms with Gasteiger partial charge in [-0.15, -0.1) is 0 Å². The zero-order valence-electron chi connectivity index (χ0n) is 10.0. The first kappa shape index (κ1) is 12.1. The molecule has 0 radical (unpaired) electrons. The normalized spacial score (nSPS) is 10.3. The van der Waals surface area contributed by atoms with Crippen LogP contribution in [-0.2, 0) is 9.53 Å². The fourth-order valence-electron chi connectivity index (χ4n) is 1.57. The smallest absolute Gasteiger partial charge is 0.361 e. The van der Waals surface area contributed by atoms with Crippen LogP contribution in [0.3, 0.4) is 0 Å². The summed E-state index contributed by atoms with van der Waals surface area (Å²) in [6.45, 7) is 3.40. The van der Waals surface area contributed by atoms with E-state index in [1.165, 1.54) is 6.92 Å². The topological polar surface area (TPSA) is 81.4 Å². The molecule has 2 aromatic rings. The minimum absolute atomic E-state index is 0.140. The first-order valence-electron chi connectivity index (χ1n) is 5.46. The van der Waals surface area contributed by atoms with E-state index in [9.17, 15) is 9.59 Å². The lowest BCUT2D eigenvalue weighted by Crippen LogP contribution is -2.06. The Morgan fingerprint density at radius 2 is 2.22 bits per heavy atom. The molecule has 1 heterocycles. The molecule has 1 amide bonds. The highest BCUT2D eigenvalue weighted by Crippen LogP contribution is 2.22. The number of hydrogen-bond donors (Lipinski definition) is 1. The van der Waals surface area contributed by atoms with Crippen LogP contribution in [0.5, 0.6) is 0 Å². The summed E-state index contributed by atoms with van der Waals surface area (Å²) in [7, 11) is 0. The summed E-state index contributed by atoms with van der Waals surface area (Å²) in [6.07, 6.45) is 0. The maximum atomic E-state index is 11.6. The summed E-state index contributed by atoms with van der Waals surface area (Å²) in [6, 6.07) is 4.93. The number of fused-ring (bicyclic) bond motifs is 1. The molecule has 2 rings (SSSR count). The number of carbonyl (C=O) groups is 2.